The smallest absolute Gasteiger partial charge is 0.317 e. The highest BCUT2D eigenvalue weighted by Gasteiger charge is 2.04. The first kappa shape index (κ1) is 11.0. The van der Waals surface area contributed by atoms with E-state index in [9.17, 15) is 4.79 Å². The number of benzene rings is 1. The Morgan fingerprint density at radius 1 is 1.50 bits per heavy atom. The van der Waals surface area contributed by atoms with Crippen LogP contribution in [0.25, 0.3) is 10.9 Å². The lowest BCUT2D eigenvalue weighted by molar-refractivity contribution is -0.135. The van der Waals surface area contributed by atoms with Crippen molar-refractivity contribution in [3.05, 3.63) is 35.0 Å². The van der Waals surface area contributed by atoms with E-state index in [4.69, 9.17) is 16.7 Å². The highest BCUT2D eigenvalue weighted by atomic mass is 35.5. The summed E-state index contributed by atoms with van der Waals surface area (Å²) in [7, 11) is 0. The molecule has 0 unspecified atom stereocenters. The summed E-state index contributed by atoms with van der Waals surface area (Å²) in [6.45, 7) is 0.480. The van der Waals surface area contributed by atoms with Gasteiger partial charge in [0, 0.05) is 28.7 Å². The van der Waals surface area contributed by atoms with Crippen molar-refractivity contribution in [1.82, 2.24) is 10.3 Å². The SMILES string of the molecule is O=C(O)CNCc1c[nH]c2cc(Cl)ccc12. The van der Waals surface area contributed by atoms with Gasteiger partial charge in [-0.3, -0.25) is 4.79 Å². The topological polar surface area (TPSA) is 65.1 Å². The zero-order chi connectivity index (χ0) is 11.5. The molecule has 0 aliphatic heterocycles. The number of aromatic amines is 1. The van der Waals surface area contributed by atoms with E-state index in [0.717, 1.165) is 16.5 Å². The van der Waals surface area contributed by atoms with E-state index in [0.29, 0.717) is 11.6 Å². The van der Waals surface area contributed by atoms with Crippen LogP contribution >= 0.6 is 11.6 Å². The number of rotatable bonds is 4. The van der Waals surface area contributed by atoms with Gasteiger partial charge in [-0.1, -0.05) is 17.7 Å². The van der Waals surface area contributed by atoms with Gasteiger partial charge in [0.1, 0.15) is 0 Å². The minimum Gasteiger partial charge on any atom is -0.480 e. The Morgan fingerprint density at radius 2 is 2.31 bits per heavy atom. The molecule has 0 atom stereocenters. The van der Waals surface area contributed by atoms with Crippen molar-refractivity contribution in [3.63, 3.8) is 0 Å². The van der Waals surface area contributed by atoms with E-state index in [1.54, 1.807) is 0 Å². The van der Waals surface area contributed by atoms with Crippen LogP contribution in [0.4, 0.5) is 0 Å². The van der Waals surface area contributed by atoms with Gasteiger partial charge in [-0.05, 0) is 17.7 Å². The van der Waals surface area contributed by atoms with Crippen LogP contribution in [0.1, 0.15) is 5.56 Å². The minimum atomic E-state index is -0.858. The maximum absolute atomic E-state index is 10.3. The number of H-pyrrole nitrogens is 1. The number of aromatic nitrogens is 1. The summed E-state index contributed by atoms with van der Waals surface area (Å²) in [6, 6.07) is 5.59. The molecule has 0 amide bonds. The quantitative estimate of drug-likeness (QED) is 0.763. The monoisotopic (exact) mass is 238 g/mol. The van der Waals surface area contributed by atoms with Crippen LogP contribution in [0.2, 0.25) is 5.02 Å². The standard InChI is InChI=1S/C11H11ClN2O2/c12-8-1-2-9-7(4-13-6-11(15)16)5-14-10(9)3-8/h1-3,5,13-14H,4,6H2,(H,15,16). The molecule has 84 valence electrons. The van der Waals surface area contributed by atoms with Crippen molar-refractivity contribution in [2.24, 2.45) is 0 Å². The Balaban J connectivity index is 2.15. The molecule has 0 spiro atoms. The number of fused-ring (bicyclic) bond motifs is 1. The molecule has 0 fully saturated rings. The van der Waals surface area contributed by atoms with Crippen molar-refractivity contribution in [3.8, 4) is 0 Å². The normalized spacial score (nSPS) is 10.8. The number of hydrogen-bond donors (Lipinski definition) is 3. The molecular formula is C11H11ClN2O2. The average Bonchev–Trinajstić information content (AvgIpc) is 2.60. The molecule has 4 nitrogen and oxygen atoms in total. The van der Waals surface area contributed by atoms with Gasteiger partial charge in [0.25, 0.3) is 0 Å². The first-order valence-corrected chi connectivity index (χ1v) is 5.22. The van der Waals surface area contributed by atoms with Gasteiger partial charge in [-0.25, -0.2) is 0 Å². The van der Waals surface area contributed by atoms with Gasteiger partial charge in [-0.2, -0.15) is 0 Å². The third-order valence-electron chi connectivity index (χ3n) is 2.32. The molecule has 2 rings (SSSR count). The fourth-order valence-corrected chi connectivity index (χ4v) is 1.78. The highest BCUT2D eigenvalue weighted by molar-refractivity contribution is 6.31. The molecule has 5 heteroatoms. The second-order valence-corrected chi connectivity index (χ2v) is 3.94. The second kappa shape index (κ2) is 4.55. The highest BCUT2D eigenvalue weighted by Crippen LogP contribution is 2.21. The first-order chi connectivity index (χ1) is 7.66. The molecular weight excluding hydrogens is 228 g/mol. The summed E-state index contributed by atoms with van der Waals surface area (Å²) in [6.07, 6.45) is 1.86. The summed E-state index contributed by atoms with van der Waals surface area (Å²) in [5.41, 5.74) is 1.99. The van der Waals surface area contributed by atoms with Crippen LogP contribution < -0.4 is 5.32 Å². The van der Waals surface area contributed by atoms with Gasteiger partial charge >= 0.3 is 5.97 Å². The fraction of sp³-hybridized carbons (Fsp3) is 0.182. The van der Waals surface area contributed by atoms with Gasteiger partial charge in [0.15, 0.2) is 0 Å². The number of carboxylic acids is 1. The van der Waals surface area contributed by atoms with Crippen molar-refractivity contribution >= 4 is 28.5 Å². The minimum absolute atomic E-state index is 0.0414. The molecule has 1 aromatic heterocycles. The summed E-state index contributed by atoms with van der Waals surface area (Å²) in [5.74, 6) is -0.858. The summed E-state index contributed by atoms with van der Waals surface area (Å²) in [4.78, 5) is 13.4. The number of nitrogens with one attached hydrogen (secondary N) is 2. The zero-order valence-electron chi connectivity index (χ0n) is 8.46. The Bertz CT molecular complexity index is 522. The van der Waals surface area contributed by atoms with Crippen molar-refractivity contribution in [1.29, 1.82) is 0 Å². The zero-order valence-corrected chi connectivity index (χ0v) is 9.21. The van der Waals surface area contributed by atoms with Crippen molar-refractivity contribution < 1.29 is 9.90 Å². The number of carbonyl (C=O) groups is 1. The van der Waals surface area contributed by atoms with Gasteiger partial charge in [0.05, 0.1) is 6.54 Å². The Labute approximate surface area is 97.2 Å². The molecule has 2 aromatic rings. The molecule has 16 heavy (non-hydrogen) atoms. The van der Waals surface area contributed by atoms with Gasteiger partial charge in [0.2, 0.25) is 0 Å². The second-order valence-electron chi connectivity index (χ2n) is 3.50. The number of hydrogen-bond acceptors (Lipinski definition) is 2. The van der Waals surface area contributed by atoms with E-state index < -0.39 is 5.97 Å². The number of aliphatic carboxylic acids is 1. The molecule has 1 aromatic carbocycles. The summed E-state index contributed by atoms with van der Waals surface area (Å²) in [5, 5.41) is 13.1. The maximum Gasteiger partial charge on any atom is 0.317 e. The lowest BCUT2D eigenvalue weighted by Gasteiger charge is -2.00. The van der Waals surface area contributed by atoms with Crippen LogP contribution in [0, 0.1) is 0 Å². The molecule has 1 heterocycles. The lowest BCUT2D eigenvalue weighted by atomic mass is 10.2. The maximum atomic E-state index is 10.3. The van der Waals surface area contributed by atoms with E-state index in [1.165, 1.54) is 0 Å². The van der Waals surface area contributed by atoms with Crippen LogP contribution in [-0.2, 0) is 11.3 Å². The predicted molar refractivity (Wildman–Crippen MR) is 62.7 cm³/mol. The van der Waals surface area contributed by atoms with E-state index >= 15 is 0 Å². The molecule has 0 aliphatic rings. The Morgan fingerprint density at radius 3 is 3.06 bits per heavy atom. The van der Waals surface area contributed by atoms with Crippen molar-refractivity contribution in [2.75, 3.05) is 6.54 Å². The van der Waals surface area contributed by atoms with Crippen LogP contribution in [0.5, 0.6) is 0 Å². The van der Waals surface area contributed by atoms with Crippen LogP contribution in [-0.4, -0.2) is 22.6 Å². The van der Waals surface area contributed by atoms with Crippen LogP contribution in [0.15, 0.2) is 24.4 Å². The van der Waals surface area contributed by atoms with E-state index in [-0.39, 0.29) is 6.54 Å². The predicted octanol–water partition coefficient (Wildman–Crippen LogP) is 2.00. The van der Waals surface area contributed by atoms with Crippen LogP contribution in [0.3, 0.4) is 0 Å². The third-order valence-corrected chi connectivity index (χ3v) is 2.56. The molecule has 0 aliphatic carbocycles. The Kier molecular flexibility index (Phi) is 3.12. The number of halogens is 1. The third kappa shape index (κ3) is 2.35. The van der Waals surface area contributed by atoms with E-state index in [2.05, 4.69) is 10.3 Å². The fourth-order valence-electron chi connectivity index (χ4n) is 1.61. The Hall–Kier alpha value is -1.52. The van der Waals surface area contributed by atoms with Crippen molar-refractivity contribution in [2.45, 2.75) is 6.54 Å². The largest absolute Gasteiger partial charge is 0.480 e. The molecule has 0 bridgehead atoms. The average molecular weight is 239 g/mol. The molecule has 0 saturated heterocycles. The van der Waals surface area contributed by atoms with Gasteiger partial charge in [-0.15, -0.1) is 0 Å². The molecule has 0 radical (unpaired) electrons. The number of carboxylic acid groups (broad SMARTS) is 1. The lowest BCUT2D eigenvalue weighted by Crippen LogP contribution is -2.21. The molecule has 3 N–H and O–H groups in total. The molecule has 0 saturated carbocycles. The first-order valence-electron chi connectivity index (χ1n) is 4.85. The van der Waals surface area contributed by atoms with Gasteiger partial charge < -0.3 is 15.4 Å². The summed E-state index contributed by atoms with van der Waals surface area (Å²) < 4.78 is 0. The summed E-state index contributed by atoms with van der Waals surface area (Å²) >= 11 is 5.86. The van der Waals surface area contributed by atoms with E-state index in [1.807, 2.05) is 24.4 Å².